The van der Waals surface area contributed by atoms with E-state index in [9.17, 15) is 13.2 Å². The molecular formula is C25H24F3N5O4. The van der Waals surface area contributed by atoms with Crippen LogP contribution in [0.1, 0.15) is 49.4 Å². The summed E-state index contributed by atoms with van der Waals surface area (Å²) in [7, 11) is 0. The smallest absolute Gasteiger partial charge is 0.370 e. The number of halogens is 3. The molecule has 2 unspecified atom stereocenters. The Labute approximate surface area is 210 Å². The topological polar surface area (TPSA) is 107 Å². The second kappa shape index (κ2) is 8.75. The number of aromatic nitrogens is 4. The molecule has 3 aromatic rings. The molecule has 0 amide bonds. The molecule has 3 saturated heterocycles. The molecule has 194 valence electrons. The number of rotatable bonds is 2. The first-order valence-corrected chi connectivity index (χ1v) is 11.9. The van der Waals surface area contributed by atoms with Gasteiger partial charge in [0.25, 0.3) is 0 Å². The van der Waals surface area contributed by atoms with Gasteiger partial charge in [-0.1, -0.05) is 24.0 Å². The van der Waals surface area contributed by atoms with Crippen molar-refractivity contribution in [2.75, 3.05) is 6.61 Å². The van der Waals surface area contributed by atoms with Crippen molar-refractivity contribution < 1.29 is 32.1 Å². The van der Waals surface area contributed by atoms with E-state index >= 15 is 0 Å². The van der Waals surface area contributed by atoms with Gasteiger partial charge in [0.1, 0.15) is 42.0 Å². The maximum atomic E-state index is 13.4. The van der Waals surface area contributed by atoms with Gasteiger partial charge in [0.2, 0.25) is 0 Å². The van der Waals surface area contributed by atoms with Crippen LogP contribution in [0.3, 0.4) is 0 Å². The Balaban J connectivity index is 1.36. The van der Waals surface area contributed by atoms with E-state index < -0.39 is 48.2 Å². The lowest BCUT2D eigenvalue weighted by Crippen LogP contribution is -2.28. The van der Waals surface area contributed by atoms with Gasteiger partial charge in [-0.05, 0) is 32.4 Å². The zero-order valence-electron chi connectivity index (χ0n) is 20.0. The van der Waals surface area contributed by atoms with Crippen molar-refractivity contribution in [3.05, 3.63) is 53.7 Å². The van der Waals surface area contributed by atoms with Gasteiger partial charge < -0.3 is 24.7 Å². The summed E-state index contributed by atoms with van der Waals surface area (Å²) in [5.74, 6) is 4.54. The van der Waals surface area contributed by atoms with Crippen LogP contribution in [0, 0.1) is 11.8 Å². The van der Waals surface area contributed by atoms with Crippen LogP contribution in [0.25, 0.3) is 11.2 Å². The Morgan fingerprint density at radius 1 is 1.11 bits per heavy atom. The minimum absolute atomic E-state index is 0.143. The second-order valence-electron chi connectivity index (χ2n) is 9.65. The minimum atomic E-state index is -4.53. The van der Waals surface area contributed by atoms with Gasteiger partial charge in [-0.15, -0.1) is 0 Å². The summed E-state index contributed by atoms with van der Waals surface area (Å²) >= 11 is 0. The largest absolute Gasteiger partial charge is 0.417 e. The van der Waals surface area contributed by atoms with Crippen LogP contribution in [0.5, 0.6) is 0 Å². The molecule has 1 aromatic carbocycles. The molecule has 6 rings (SSSR count). The molecule has 0 aliphatic carbocycles. The molecule has 6 atom stereocenters. The first-order chi connectivity index (χ1) is 17.6. The fourth-order valence-electron chi connectivity index (χ4n) is 5.06. The van der Waals surface area contributed by atoms with E-state index in [0.29, 0.717) is 29.9 Å². The van der Waals surface area contributed by atoms with Crippen LogP contribution in [-0.4, -0.2) is 56.3 Å². The lowest BCUT2D eigenvalue weighted by molar-refractivity contribution is -0.190. The normalized spacial score (nSPS) is 30.9. The molecule has 0 radical (unpaired) electrons. The number of imidazole rings is 1. The Bertz CT molecular complexity index is 1400. The maximum absolute atomic E-state index is 13.4. The molecule has 3 aliphatic rings. The van der Waals surface area contributed by atoms with Crippen molar-refractivity contribution in [2.24, 2.45) is 5.73 Å². The fourth-order valence-corrected chi connectivity index (χ4v) is 5.06. The average molecular weight is 515 g/mol. The molecule has 37 heavy (non-hydrogen) atoms. The Hall–Kier alpha value is -3.08. The highest BCUT2D eigenvalue weighted by Crippen LogP contribution is 2.44. The summed E-state index contributed by atoms with van der Waals surface area (Å²) in [6, 6.07) is 4.95. The quantitative estimate of drug-likeness (QED) is 0.519. The first-order valence-electron chi connectivity index (χ1n) is 11.9. The average Bonchev–Trinajstić information content (AvgIpc) is 3.60. The predicted octanol–water partition coefficient (Wildman–Crippen LogP) is 3.10. The fraction of sp³-hybridized carbons (Fsp3) is 0.480. The van der Waals surface area contributed by atoms with E-state index in [1.807, 2.05) is 0 Å². The van der Waals surface area contributed by atoms with Gasteiger partial charge in [-0.25, -0.2) is 15.0 Å². The van der Waals surface area contributed by atoms with E-state index in [0.717, 1.165) is 6.07 Å². The zero-order chi connectivity index (χ0) is 25.9. The van der Waals surface area contributed by atoms with Crippen molar-refractivity contribution in [1.29, 1.82) is 0 Å². The molecule has 2 aromatic heterocycles. The van der Waals surface area contributed by atoms with Gasteiger partial charge in [-0.3, -0.25) is 4.57 Å². The van der Waals surface area contributed by atoms with Gasteiger partial charge in [0.05, 0.1) is 11.9 Å². The maximum Gasteiger partial charge on any atom is 0.417 e. The van der Waals surface area contributed by atoms with Crippen LogP contribution in [0.2, 0.25) is 0 Å². The van der Waals surface area contributed by atoms with Gasteiger partial charge in [0, 0.05) is 18.2 Å². The number of alkyl halides is 3. The molecule has 0 saturated carbocycles. The number of fused-ring (bicyclic) bond motifs is 2. The number of hydrogen-bond acceptors (Lipinski definition) is 8. The number of ether oxygens (including phenoxy) is 4. The van der Waals surface area contributed by atoms with Crippen LogP contribution in [0.4, 0.5) is 13.2 Å². The number of benzene rings is 1. The SMILES string of the molecule is CC1(C)O[C@@H]2[C@H](O1)[C@@H](C#Cc1ccccc1C(F)(F)F)O[C@H]2n1cnc2c(C3OCCC3N)ncnc21. The van der Waals surface area contributed by atoms with Crippen LogP contribution in [0.15, 0.2) is 36.9 Å². The molecule has 0 bridgehead atoms. The van der Waals surface area contributed by atoms with Gasteiger partial charge >= 0.3 is 6.18 Å². The highest BCUT2D eigenvalue weighted by molar-refractivity contribution is 5.73. The summed E-state index contributed by atoms with van der Waals surface area (Å²) in [6.45, 7) is 4.06. The highest BCUT2D eigenvalue weighted by Gasteiger charge is 2.56. The minimum Gasteiger partial charge on any atom is -0.370 e. The number of nitrogens with zero attached hydrogens (tertiary/aromatic N) is 4. The molecule has 2 N–H and O–H groups in total. The standard InChI is InChI=1S/C25H24F3N5O4/c1-24(2)36-20-16(8-7-13-5-3-4-6-14(13)25(26,27)28)35-23(21(20)37-24)33-12-32-18-17(30-11-31-22(18)33)19-15(29)9-10-34-19/h3-6,11-12,15-16,19-21,23H,9-10,29H2,1-2H3/t15?,16-,19?,20-,21-,23-/m1/s1. The molecule has 3 aliphatic heterocycles. The molecular weight excluding hydrogens is 491 g/mol. The van der Waals surface area contributed by atoms with Crippen molar-refractivity contribution >= 4 is 11.2 Å². The van der Waals surface area contributed by atoms with E-state index in [2.05, 4.69) is 26.8 Å². The van der Waals surface area contributed by atoms with E-state index in [4.69, 9.17) is 24.7 Å². The number of nitrogens with two attached hydrogens (primary N) is 1. The summed E-state index contributed by atoms with van der Waals surface area (Å²) in [4.78, 5) is 13.3. The molecule has 5 heterocycles. The van der Waals surface area contributed by atoms with Gasteiger partial charge in [-0.2, -0.15) is 13.2 Å². The third-order valence-electron chi connectivity index (χ3n) is 6.68. The first kappa shape index (κ1) is 24.3. The van der Waals surface area contributed by atoms with Crippen LogP contribution < -0.4 is 5.73 Å². The highest BCUT2D eigenvalue weighted by atomic mass is 19.4. The van der Waals surface area contributed by atoms with Gasteiger partial charge in [0.15, 0.2) is 17.7 Å². The summed E-state index contributed by atoms with van der Waals surface area (Å²) in [6.07, 6.45) is -4.08. The Kier molecular flexibility index (Phi) is 5.74. The summed E-state index contributed by atoms with van der Waals surface area (Å²) in [5.41, 5.74) is 6.85. The molecule has 3 fully saturated rings. The van der Waals surface area contributed by atoms with Crippen molar-refractivity contribution in [3.8, 4) is 11.8 Å². The third kappa shape index (κ3) is 4.26. The predicted molar refractivity (Wildman–Crippen MR) is 123 cm³/mol. The van der Waals surface area contributed by atoms with Crippen LogP contribution in [-0.2, 0) is 25.1 Å². The molecule has 9 nitrogen and oxygen atoms in total. The second-order valence-corrected chi connectivity index (χ2v) is 9.65. The Morgan fingerprint density at radius 3 is 2.65 bits per heavy atom. The summed E-state index contributed by atoms with van der Waals surface area (Å²) < 4.78 is 66.2. The Morgan fingerprint density at radius 2 is 1.89 bits per heavy atom. The lowest BCUT2D eigenvalue weighted by Gasteiger charge is -2.23. The van der Waals surface area contributed by atoms with Crippen molar-refractivity contribution in [1.82, 2.24) is 19.5 Å². The van der Waals surface area contributed by atoms with E-state index in [-0.39, 0.29) is 11.6 Å². The van der Waals surface area contributed by atoms with E-state index in [1.54, 1.807) is 24.7 Å². The molecule has 0 spiro atoms. The van der Waals surface area contributed by atoms with Crippen LogP contribution >= 0.6 is 0 Å². The van der Waals surface area contributed by atoms with Crippen molar-refractivity contribution in [3.63, 3.8) is 0 Å². The monoisotopic (exact) mass is 515 g/mol. The van der Waals surface area contributed by atoms with Crippen molar-refractivity contribution in [2.45, 2.75) is 68.9 Å². The summed E-state index contributed by atoms with van der Waals surface area (Å²) in [5, 5.41) is 0. The lowest BCUT2D eigenvalue weighted by atomic mass is 10.1. The number of hydrogen-bond donors (Lipinski definition) is 1. The van der Waals surface area contributed by atoms with E-state index in [1.165, 1.54) is 24.5 Å². The molecule has 12 heteroatoms. The zero-order valence-corrected chi connectivity index (χ0v) is 20.0. The third-order valence-corrected chi connectivity index (χ3v) is 6.68.